The molecule has 50 heavy (non-hydrogen) atoms. The molecule has 0 spiro atoms. The van der Waals surface area contributed by atoms with Gasteiger partial charge in [0.15, 0.2) is 5.82 Å². The summed E-state index contributed by atoms with van der Waals surface area (Å²) >= 11 is 0. The Kier molecular flexibility index (Phi) is 5.45. The van der Waals surface area contributed by atoms with E-state index in [4.69, 9.17) is 9.97 Å². The Morgan fingerprint density at radius 2 is 1.10 bits per heavy atom. The monoisotopic (exact) mass is 637 g/mol. The molecule has 3 heteroatoms. The van der Waals surface area contributed by atoms with Crippen LogP contribution in [0.2, 0.25) is 0 Å². The summed E-state index contributed by atoms with van der Waals surface area (Å²) in [6.07, 6.45) is 0. The molecule has 7 aromatic carbocycles. The predicted octanol–water partition coefficient (Wildman–Crippen LogP) is 12.0. The Bertz CT molecular complexity index is 2890. The number of rotatable bonds is 3. The van der Waals surface area contributed by atoms with Gasteiger partial charge in [0, 0.05) is 38.4 Å². The number of hydrogen-bond donors (Lipinski definition) is 0. The van der Waals surface area contributed by atoms with E-state index in [1.54, 1.807) is 0 Å². The van der Waals surface area contributed by atoms with Gasteiger partial charge in [0.05, 0.1) is 22.2 Å². The van der Waals surface area contributed by atoms with Gasteiger partial charge in [-0.1, -0.05) is 123 Å². The number of para-hydroxylation sites is 2. The van der Waals surface area contributed by atoms with Crippen LogP contribution in [0.15, 0.2) is 152 Å². The lowest BCUT2D eigenvalue weighted by Gasteiger charge is -2.21. The van der Waals surface area contributed by atoms with Crippen LogP contribution < -0.4 is 0 Å². The zero-order valence-corrected chi connectivity index (χ0v) is 27.8. The number of nitrogens with zero attached hydrogens (tertiary/aromatic N) is 3. The van der Waals surface area contributed by atoms with Crippen LogP contribution in [0.1, 0.15) is 25.0 Å². The van der Waals surface area contributed by atoms with E-state index >= 15 is 0 Å². The minimum Gasteiger partial charge on any atom is -0.309 e. The lowest BCUT2D eigenvalue weighted by Crippen LogP contribution is -2.14. The van der Waals surface area contributed by atoms with Gasteiger partial charge in [0.25, 0.3) is 0 Å². The summed E-state index contributed by atoms with van der Waals surface area (Å²) in [5.74, 6) is 0.769. The second-order valence-electron chi connectivity index (χ2n) is 14.2. The van der Waals surface area contributed by atoms with Crippen LogP contribution in [-0.2, 0) is 5.41 Å². The number of aromatic nitrogens is 3. The lowest BCUT2D eigenvalue weighted by molar-refractivity contribution is 0.660. The molecule has 0 amide bonds. The van der Waals surface area contributed by atoms with Gasteiger partial charge in [-0.2, -0.15) is 0 Å². The summed E-state index contributed by atoms with van der Waals surface area (Å²) in [5, 5.41) is 3.69. The van der Waals surface area contributed by atoms with Crippen molar-refractivity contribution in [1.29, 1.82) is 0 Å². The molecular formula is C47H31N3. The van der Waals surface area contributed by atoms with Crippen LogP contribution in [-0.4, -0.2) is 14.5 Å². The SMILES string of the molecule is CC1(C)c2ccc(-c3nc4c5c(cccc5n3)-c3ccccc3-4)cc2-c2cc(-c3cccc4c3c3ccccc3n4-c3ccccc3)ccc21. The predicted molar refractivity (Wildman–Crippen MR) is 207 cm³/mol. The van der Waals surface area contributed by atoms with E-state index in [0.717, 1.165) is 28.0 Å². The van der Waals surface area contributed by atoms with Crippen molar-refractivity contribution in [3.05, 3.63) is 163 Å². The van der Waals surface area contributed by atoms with E-state index in [1.807, 2.05) is 0 Å². The van der Waals surface area contributed by atoms with Gasteiger partial charge in [-0.05, 0) is 87.0 Å². The molecular weight excluding hydrogens is 607 g/mol. The summed E-state index contributed by atoms with van der Waals surface area (Å²) in [6.45, 7) is 4.69. The van der Waals surface area contributed by atoms with E-state index in [2.05, 4.69) is 170 Å². The summed E-state index contributed by atoms with van der Waals surface area (Å²) in [4.78, 5) is 10.4. The fourth-order valence-electron chi connectivity index (χ4n) is 8.85. The third-order valence-electron chi connectivity index (χ3n) is 11.2. The Hall–Kier alpha value is -6.32. The summed E-state index contributed by atoms with van der Waals surface area (Å²) in [6, 6.07) is 55.1. The van der Waals surface area contributed by atoms with Gasteiger partial charge in [-0.3, -0.25) is 0 Å². The normalized spacial score (nSPS) is 13.6. The van der Waals surface area contributed by atoms with Crippen molar-refractivity contribution in [3.8, 4) is 61.7 Å². The van der Waals surface area contributed by atoms with Crippen molar-refractivity contribution in [2.24, 2.45) is 0 Å². The first kappa shape index (κ1) is 27.6. The lowest BCUT2D eigenvalue weighted by atomic mass is 9.82. The fraction of sp³-hybridized carbons (Fsp3) is 0.0638. The molecule has 2 aromatic heterocycles. The zero-order chi connectivity index (χ0) is 33.1. The second kappa shape index (κ2) is 9.87. The first-order valence-electron chi connectivity index (χ1n) is 17.3. The topological polar surface area (TPSA) is 30.7 Å². The van der Waals surface area contributed by atoms with Gasteiger partial charge in [0.2, 0.25) is 0 Å². The van der Waals surface area contributed by atoms with E-state index in [1.165, 1.54) is 77.6 Å². The average Bonchev–Trinajstić information content (AvgIpc) is 3.76. The van der Waals surface area contributed by atoms with Gasteiger partial charge in [-0.25, -0.2) is 9.97 Å². The van der Waals surface area contributed by atoms with Crippen molar-refractivity contribution in [2.45, 2.75) is 19.3 Å². The number of fused-ring (bicyclic) bond motifs is 9. The summed E-state index contributed by atoms with van der Waals surface area (Å²) in [5.41, 5.74) is 17.9. The molecule has 0 saturated carbocycles. The Morgan fingerprint density at radius 1 is 0.460 bits per heavy atom. The average molecular weight is 638 g/mol. The third kappa shape index (κ3) is 3.64. The van der Waals surface area contributed by atoms with Crippen LogP contribution in [0.25, 0.3) is 94.4 Å². The molecule has 2 aliphatic rings. The molecule has 2 aliphatic carbocycles. The van der Waals surface area contributed by atoms with Crippen molar-refractivity contribution >= 4 is 32.7 Å². The number of benzene rings is 7. The maximum Gasteiger partial charge on any atom is 0.160 e. The highest BCUT2D eigenvalue weighted by molar-refractivity contribution is 6.16. The van der Waals surface area contributed by atoms with E-state index in [0.29, 0.717) is 0 Å². The molecule has 2 heterocycles. The van der Waals surface area contributed by atoms with Crippen molar-refractivity contribution in [1.82, 2.24) is 14.5 Å². The highest BCUT2D eigenvalue weighted by Gasteiger charge is 2.36. The maximum absolute atomic E-state index is 5.24. The van der Waals surface area contributed by atoms with Crippen LogP contribution in [0, 0.1) is 0 Å². The minimum atomic E-state index is -0.122. The third-order valence-corrected chi connectivity index (χ3v) is 11.2. The molecule has 0 atom stereocenters. The van der Waals surface area contributed by atoms with Gasteiger partial charge < -0.3 is 4.57 Å². The molecule has 0 radical (unpaired) electrons. The summed E-state index contributed by atoms with van der Waals surface area (Å²) < 4.78 is 2.39. The minimum absolute atomic E-state index is 0.122. The maximum atomic E-state index is 5.24. The largest absolute Gasteiger partial charge is 0.309 e. The van der Waals surface area contributed by atoms with Gasteiger partial charge in [0.1, 0.15) is 0 Å². The Morgan fingerprint density at radius 3 is 1.94 bits per heavy atom. The molecule has 0 fully saturated rings. The molecule has 0 unspecified atom stereocenters. The molecule has 3 nitrogen and oxygen atoms in total. The zero-order valence-electron chi connectivity index (χ0n) is 27.8. The molecule has 0 aliphatic heterocycles. The Labute approximate surface area is 290 Å². The standard InChI is InChI=1S/C47H31N3/c1-47(2)38-24-22-28(31-17-11-21-42-43(31)35-16-8-9-20-41(35)50(42)30-12-4-3-5-13-30)26-36(38)37-27-29(23-25-39(37)47)46-48-40-19-10-18-33-32-14-6-7-15-34(32)45(49-46)44(33)40/h3-27H,1-2H3. The first-order chi connectivity index (χ1) is 24.6. The highest BCUT2D eigenvalue weighted by atomic mass is 15.0. The molecule has 234 valence electrons. The molecule has 0 bridgehead atoms. The molecule has 0 saturated heterocycles. The highest BCUT2D eigenvalue weighted by Crippen LogP contribution is 2.52. The van der Waals surface area contributed by atoms with E-state index in [9.17, 15) is 0 Å². The van der Waals surface area contributed by atoms with Crippen molar-refractivity contribution in [2.75, 3.05) is 0 Å². The quantitative estimate of drug-likeness (QED) is 0.193. The van der Waals surface area contributed by atoms with Crippen molar-refractivity contribution in [3.63, 3.8) is 0 Å². The summed E-state index contributed by atoms with van der Waals surface area (Å²) in [7, 11) is 0. The first-order valence-corrected chi connectivity index (χ1v) is 17.3. The van der Waals surface area contributed by atoms with Gasteiger partial charge >= 0.3 is 0 Å². The second-order valence-corrected chi connectivity index (χ2v) is 14.2. The van der Waals surface area contributed by atoms with E-state index in [-0.39, 0.29) is 5.41 Å². The smallest absolute Gasteiger partial charge is 0.160 e. The van der Waals surface area contributed by atoms with Crippen LogP contribution in [0.3, 0.4) is 0 Å². The molecule has 0 N–H and O–H groups in total. The number of hydrogen-bond acceptors (Lipinski definition) is 2. The van der Waals surface area contributed by atoms with Crippen molar-refractivity contribution < 1.29 is 0 Å². The van der Waals surface area contributed by atoms with Crippen LogP contribution in [0.5, 0.6) is 0 Å². The van der Waals surface area contributed by atoms with Gasteiger partial charge in [-0.15, -0.1) is 0 Å². The van der Waals surface area contributed by atoms with Crippen LogP contribution >= 0.6 is 0 Å². The molecule has 11 rings (SSSR count). The van der Waals surface area contributed by atoms with Crippen LogP contribution in [0.4, 0.5) is 0 Å². The molecule has 9 aromatic rings. The Balaban J connectivity index is 1.10. The fourth-order valence-corrected chi connectivity index (χ4v) is 8.85. The van der Waals surface area contributed by atoms with E-state index < -0.39 is 0 Å².